The molecule has 0 radical (unpaired) electrons. The van der Waals surface area contributed by atoms with Crippen molar-refractivity contribution in [1.82, 2.24) is 0 Å². The molecule has 2 nitrogen and oxygen atoms in total. The Bertz CT molecular complexity index is 292. The number of rotatable bonds is 16. The zero-order valence-corrected chi connectivity index (χ0v) is 14.6. The SMILES string of the molecule is CCCC/C=C/C/C=C/CCCCCCCCCCC(=O)O. The van der Waals surface area contributed by atoms with Crippen molar-refractivity contribution in [1.29, 1.82) is 0 Å². The van der Waals surface area contributed by atoms with E-state index in [1.165, 1.54) is 64.2 Å². The summed E-state index contributed by atoms with van der Waals surface area (Å²) in [4.78, 5) is 10.4. The van der Waals surface area contributed by atoms with E-state index in [-0.39, 0.29) is 0 Å². The predicted octanol–water partition coefficient (Wildman–Crippen LogP) is 6.66. The molecule has 0 heterocycles. The summed E-state index contributed by atoms with van der Waals surface area (Å²) < 4.78 is 0. The van der Waals surface area contributed by atoms with Crippen molar-refractivity contribution in [2.45, 2.75) is 96.8 Å². The van der Waals surface area contributed by atoms with E-state index < -0.39 is 5.97 Å². The molecule has 0 bridgehead atoms. The molecule has 0 fully saturated rings. The van der Waals surface area contributed by atoms with Gasteiger partial charge in [0.2, 0.25) is 0 Å². The van der Waals surface area contributed by atoms with E-state index in [4.69, 9.17) is 5.11 Å². The maximum absolute atomic E-state index is 10.4. The topological polar surface area (TPSA) is 37.3 Å². The van der Waals surface area contributed by atoms with E-state index in [1.54, 1.807) is 0 Å². The Balaban J connectivity index is 3.13. The molecule has 0 aromatic heterocycles. The van der Waals surface area contributed by atoms with Gasteiger partial charge < -0.3 is 5.11 Å². The van der Waals surface area contributed by atoms with Crippen LogP contribution >= 0.6 is 0 Å². The Labute approximate surface area is 137 Å². The second kappa shape index (κ2) is 18.0. The minimum absolute atomic E-state index is 0.333. The van der Waals surface area contributed by atoms with E-state index >= 15 is 0 Å². The molecule has 0 unspecified atom stereocenters. The van der Waals surface area contributed by atoms with Gasteiger partial charge in [0.25, 0.3) is 0 Å². The minimum Gasteiger partial charge on any atom is -0.481 e. The fourth-order valence-electron chi connectivity index (χ4n) is 2.43. The first kappa shape index (κ1) is 20.9. The van der Waals surface area contributed by atoms with E-state index in [1.807, 2.05) is 0 Å². The van der Waals surface area contributed by atoms with Crippen molar-refractivity contribution in [3.8, 4) is 0 Å². The van der Waals surface area contributed by atoms with Gasteiger partial charge in [0, 0.05) is 6.42 Å². The molecule has 0 aliphatic heterocycles. The van der Waals surface area contributed by atoms with Gasteiger partial charge in [-0.1, -0.05) is 82.6 Å². The first-order valence-corrected chi connectivity index (χ1v) is 9.29. The van der Waals surface area contributed by atoms with Crippen LogP contribution in [-0.2, 0) is 4.79 Å². The highest BCUT2D eigenvalue weighted by Crippen LogP contribution is 2.11. The number of aliphatic carboxylic acids is 1. The van der Waals surface area contributed by atoms with Gasteiger partial charge in [0.15, 0.2) is 0 Å². The zero-order chi connectivity index (χ0) is 16.3. The molecule has 0 atom stereocenters. The lowest BCUT2D eigenvalue weighted by atomic mass is 10.1. The number of unbranched alkanes of at least 4 members (excludes halogenated alkanes) is 10. The Morgan fingerprint density at radius 3 is 1.77 bits per heavy atom. The van der Waals surface area contributed by atoms with Gasteiger partial charge in [-0.05, 0) is 32.1 Å². The summed E-state index contributed by atoms with van der Waals surface area (Å²) in [5, 5.41) is 8.53. The van der Waals surface area contributed by atoms with Crippen molar-refractivity contribution < 1.29 is 9.90 Å². The largest absolute Gasteiger partial charge is 0.481 e. The van der Waals surface area contributed by atoms with Gasteiger partial charge in [0.05, 0.1) is 0 Å². The average molecular weight is 309 g/mol. The van der Waals surface area contributed by atoms with E-state index in [0.717, 1.165) is 19.3 Å². The first-order chi connectivity index (χ1) is 10.8. The minimum atomic E-state index is -0.662. The summed E-state index contributed by atoms with van der Waals surface area (Å²) in [5.74, 6) is -0.662. The fourth-order valence-corrected chi connectivity index (χ4v) is 2.43. The fraction of sp³-hybridized carbons (Fsp3) is 0.750. The third-order valence-corrected chi connectivity index (χ3v) is 3.84. The van der Waals surface area contributed by atoms with Gasteiger partial charge in [-0.3, -0.25) is 4.79 Å². The van der Waals surface area contributed by atoms with Crippen molar-refractivity contribution >= 4 is 5.97 Å². The van der Waals surface area contributed by atoms with Crippen molar-refractivity contribution in [2.75, 3.05) is 0 Å². The average Bonchev–Trinajstić information content (AvgIpc) is 2.50. The summed E-state index contributed by atoms with van der Waals surface area (Å²) in [6.45, 7) is 2.23. The summed E-state index contributed by atoms with van der Waals surface area (Å²) in [6.07, 6.45) is 25.2. The van der Waals surface area contributed by atoms with E-state index in [9.17, 15) is 4.79 Å². The van der Waals surface area contributed by atoms with Gasteiger partial charge in [-0.25, -0.2) is 0 Å². The lowest BCUT2D eigenvalue weighted by molar-refractivity contribution is -0.137. The van der Waals surface area contributed by atoms with Crippen LogP contribution in [0.25, 0.3) is 0 Å². The summed E-state index contributed by atoms with van der Waals surface area (Å²) in [6, 6.07) is 0. The van der Waals surface area contributed by atoms with Crippen LogP contribution in [0.5, 0.6) is 0 Å². The molecular formula is C20H36O2. The number of hydrogen-bond donors (Lipinski definition) is 1. The van der Waals surface area contributed by atoms with E-state index in [2.05, 4.69) is 31.2 Å². The first-order valence-electron chi connectivity index (χ1n) is 9.29. The van der Waals surface area contributed by atoms with Crippen molar-refractivity contribution in [2.24, 2.45) is 0 Å². The molecule has 22 heavy (non-hydrogen) atoms. The number of carboxylic acids is 1. The number of carboxylic acid groups (broad SMARTS) is 1. The molecule has 128 valence electrons. The predicted molar refractivity (Wildman–Crippen MR) is 96.2 cm³/mol. The second-order valence-electron chi connectivity index (χ2n) is 6.08. The van der Waals surface area contributed by atoms with E-state index in [0.29, 0.717) is 6.42 Å². The Morgan fingerprint density at radius 1 is 0.727 bits per heavy atom. The zero-order valence-electron chi connectivity index (χ0n) is 14.6. The monoisotopic (exact) mass is 308 g/mol. The molecule has 0 aromatic rings. The highest BCUT2D eigenvalue weighted by Gasteiger charge is 1.96. The summed E-state index contributed by atoms with van der Waals surface area (Å²) in [7, 11) is 0. The summed E-state index contributed by atoms with van der Waals surface area (Å²) >= 11 is 0. The third kappa shape index (κ3) is 18.9. The maximum atomic E-state index is 10.4. The van der Waals surface area contributed by atoms with Crippen LogP contribution in [0.15, 0.2) is 24.3 Å². The lowest BCUT2D eigenvalue weighted by Crippen LogP contribution is -1.93. The second-order valence-corrected chi connectivity index (χ2v) is 6.08. The highest BCUT2D eigenvalue weighted by atomic mass is 16.4. The van der Waals surface area contributed by atoms with Gasteiger partial charge in [-0.15, -0.1) is 0 Å². The van der Waals surface area contributed by atoms with Crippen LogP contribution in [0, 0.1) is 0 Å². The molecule has 0 saturated heterocycles. The molecule has 0 saturated carbocycles. The molecule has 0 spiro atoms. The number of carbonyl (C=O) groups is 1. The number of allylic oxidation sites excluding steroid dienone is 4. The van der Waals surface area contributed by atoms with Crippen LogP contribution in [0.4, 0.5) is 0 Å². The van der Waals surface area contributed by atoms with Crippen LogP contribution in [-0.4, -0.2) is 11.1 Å². The Hall–Kier alpha value is -1.05. The molecule has 1 N–H and O–H groups in total. The normalized spacial score (nSPS) is 11.7. The Morgan fingerprint density at radius 2 is 1.23 bits per heavy atom. The van der Waals surface area contributed by atoms with Crippen LogP contribution in [0.1, 0.15) is 96.8 Å². The summed E-state index contributed by atoms with van der Waals surface area (Å²) in [5.41, 5.74) is 0. The third-order valence-electron chi connectivity index (χ3n) is 3.84. The molecule has 0 aromatic carbocycles. The molecule has 0 amide bonds. The highest BCUT2D eigenvalue weighted by molar-refractivity contribution is 5.66. The lowest BCUT2D eigenvalue weighted by Gasteiger charge is -2.00. The van der Waals surface area contributed by atoms with Gasteiger partial charge in [0.1, 0.15) is 0 Å². The molecule has 2 heteroatoms. The van der Waals surface area contributed by atoms with Crippen LogP contribution < -0.4 is 0 Å². The molecule has 0 aliphatic carbocycles. The molecule has 0 rings (SSSR count). The number of hydrogen-bond acceptors (Lipinski definition) is 1. The maximum Gasteiger partial charge on any atom is 0.303 e. The standard InChI is InChI=1S/C20H36O2/c1-2-3-4-5-6-7-8-9-10-11-12-13-14-15-16-17-18-19-20(21)22/h5-6,8-9H,2-4,7,10-19H2,1H3,(H,21,22)/b6-5+,9-8+. The molecular weight excluding hydrogens is 272 g/mol. The smallest absolute Gasteiger partial charge is 0.303 e. The van der Waals surface area contributed by atoms with Crippen LogP contribution in [0.3, 0.4) is 0 Å². The van der Waals surface area contributed by atoms with Crippen LogP contribution in [0.2, 0.25) is 0 Å². The quantitative estimate of drug-likeness (QED) is 0.255. The van der Waals surface area contributed by atoms with Gasteiger partial charge >= 0.3 is 5.97 Å². The molecule has 0 aliphatic rings. The van der Waals surface area contributed by atoms with Crippen molar-refractivity contribution in [3.05, 3.63) is 24.3 Å². The van der Waals surface area contributed by atoms with Gasteiger partial charge in [-0.2, -0.15) is 0 Å². The Kier molecular flexibility index (Phi) is 17.1. The van der Waals surface area contributed by atoms with Crippen molar-refractivity contribution in [3.63, 3.8) is 0 Å².